The van der Waals surface area contributed by atoms with Gasteiger partial charge in [0.1, 0.15) is 12.4 Å². The van der Waals surface area contributed by atoms with Crippen molar-refractivity contribution in [1.29, 1.82) is 0 Å². The van der Waals surface area contributed by atoms with E-state index in [9.17, 15) is 0 Å². The molecular formula is C13H19NO2. The topological polar surface area (TPSA) is 41.5 Å². The number of hydrogen-bond acceptors (Lipinski definition) is 3. The molecule has 0 unspecified atom stereocenters. The molecule has 1 atom stereocenters. The maximum atomic E-state index is 9.13. The minimum atomic E-state index is -0.332. The summed E-state index contributed by atoms with van der Waals surface area (Å²) in [6.45, 7) is 7.15. The van der Waals surface area contributed by atoms with Gasteiger partial charge in [-0.1, -0.05) is 30.9 Å². The Hall–Kier alpha value is -1.32. The molecule has 0 radical (unpaired) electrons. The second kappa shape index (κ2) is 7.04. The van der Waals surface area contributed by atoms with E-state index in [1.807, 2.05) is 24.3 Å². The van der Waals surface area contributed by atoms with E-state index in [0.717, 1.165) is 11.3 Å². The largest absolute Gasteiger partial charge is 0.489 e. The molecule has 16 heavy (non-hydrogen) atoms. The molecule has 0 aliphatic carbocycles. The summed E-state index contributed by atoms with van der Waals surface area (Å²) >= 11 is 0. The average Bonchev–Trinajstić information content (AvgIpc) is 2.27. The maximum Gasteiger partial charge on any atom is 0.124 e. The Bertz CT molecular complexity index is 323. The van der Waals surface area contributed by atoms with Gasteiger partial charge >= 0.3 is 0 Å². The normalized spacial score (nSPS) is 12.1. The highest BCUT2D eigenvalue weighted by molar-refractivity contribution is 5.33. The maximum absolute atomic E-state index is 9.13. The van der Waals surface area contributed by atoms with E-state index in [2.05, 4.69) is 11.9 Å². The number of hydrogen-bond donors (Lipinski definition) is 2. The van der Waals surface area contributed by atoms with Gasteiger partial charge in [0.05, 0.1) is 6.10 Å². The molecule has 1 aromatic rings. The number of aliphatic hydroxyl groups excluding tert-OH is 1. The van der Waals surface area contributed by atoms with Gasteiger partial charge in [-0.3, -0.25) is 0 Å². The molecule has 0 aliphatic rings. The molecule has 0 saturated carbocycles. The van der Waals surface area contributed by atoms with Gasteiger partial charge in [-0.15, -0.1) is 0 Å². The summed E-state index contributed by atoms with van der Waals surface area (Å²) in [5.74, 6) is 0.862. The lowest BCUT2D eigenvalue weighted by molar-refractivity contribution is 0.190. The Morgan fingerprint density at radius 1 is 1.50 bits per heavy atom. The second-order valence-electron chi connectivity index (χ2n) is 3.69. The monoisotopic (exact) mass is 221 g/mol. The minimum Gasteiger partial charge on any atom is -0.489 e. The summed E-state index contributed by atoms with van der Waals surface area (Å²) in [4.78, 5) is 0. The first-order chi connectivity index (χ1) is 7.74. The molecule has 0 bridgehead atoms. The van der Waals surface area contributed by atoms with Crippen molar-refractivity contribution in [2.75, 3.05) is 13.2 Å². The van der Waals surface area contributed by atoms with Crippen molar-refractivity contribution in [3.8, 4) is 5.75 Å². The molecule has 1 rings (SSSR count). The first kappa shape index (κ1) is 12.7. The Kier molecular flexibility index (Phi) is 5.61. The van der Waals surface area contributed by atoms with E-state index in [1.165, 1.54) is 0 Å². The third-order valence-electron chi connectivity index (χ3n) is 2.08. The summed E-state index contributed by atoms with van der Waals surface area (Å²) < 4.78 is 5.52. The van der Waals surface area contributed by atoms with Crippen LogP contribution in [0.3, 0.4) is 0 Å². The Labute approximate surface area is 96.8 Å². The van der Waals surface area contributed by atoms with Crippen LogP contribution in [0.5, 0.6) is 5.75 Å². The van der Waals surface area contributed by atoms with Crippen LogP contribution in [0.15, 0.2) is 36.9 Å². The molecule has 2 N–H and O–H groups in total. The van der Waals surface area contributed by atoms with E-state index in [4.69, 9.17) is 9.84 Å². The number of rotatable bonds is 7. The zero-order valence-electron chi connectivity index (χ0n) is 9.65. The van der Waals surface area contributed by atoms with Crippen LogP contribution in [0.25, 0.3) is 0 Å². The number of ether oxygens (including phenoxy) is 1. The molecule has 0 amide bonds. The molecule has 0 saturated heterocycles. The number of para-hydroxylation sites is 1. The van der Waals surface area contributed by atoms with Gasteiger partial charge in [0.25, 0.3) is 0 Å². The first-order valence-electron chi connectivity index (χ1n) is 5.44. The molecule has 1 aromatic carbocycles. The van der Waals surface area contributed by atoms with Crippen LogP contribution in [0, 0.1) is 0 Å². The second-order valence-corrected chi connectivity index (χ2v) is 3.69. The van der Waals surface area contributed by atoms with E-state index in [0.29, 0.717) is 19.7 Å². The molecule has 0 heterocycles. The van der Waals surface area contributed by atoms with Gasteiger partial charge < -0.3 is 15.2 Å². The molecule has 0 spiro atoms. The highest BCUT2D eigenvalue weighted by atomic mass is 16.5. The van der Waals surface area contributed by atoms with Crippen molar-refractivity contribution in [1.82, 2.24) is 5.32 Å². The van der Waals surface area contributed by atoms with Gasteiger partial charge in [-0.05, 0) is 13.0 Å². The molecule has 0 aliphatic heterocycles. The van der Waals surface area contributed by atoms with Crippen molar-refractivity contribution in [3.05, 3.63) is 42.5 Å². The van der Waals surface area contributed by atoms with Crippen molar-refractivity contribution in [3.63, 3.8) is 0 Å². The van der Waals surface area contributed by atoms with Crippen LogP contribution in [0.4, 0.5) is 0 Å². The van der Waals surface area contributed by atoms with Gasteiger partial charge in [-0.25, -0.2) is 0 Å². The van der Waals surface area contributed by atoms with E-state index >= 15 is 0 Å². The first-order valence-corrected chi connectivity index (χ1v) is 5.44. The van der Waals surface area contributed by atoms with Crippen LogP contribution in [-0.4, -0.2) is 24.4 Å². The van der Waals surface area contributed by atoms with Crippen LogP contribution in [-0.2, 0) is 6.54 Å². The standard InChI is InChI=1S/C13H19NO2/c1-3-8-16-13-7-5-4-6-12(13)10-14-9-11(2)15/h3-7,11,14-15H,1,8-10H2,2H3/t11-/m0/s1. The quantitative estimate of drug-likeness (QED) is 0.689. The summed E-state index contributed by atoms with van der Waals surface area (Å²) in [5.41, 5.74) is 1.09. The lowest BCUT2D eigenvalue weighted by Gasteiger charge is -2.11. The number of aliphatic hydroxyl groups is 1. The van der Waals surface area contributed by atoms with Crippen molar-refractivity contribution in [2.24, 2.45) is 0 Å². The summed E-state index contributed by atoms with van der Waals surface area (Å²) in [6.07, 6.45) is 1.39. The predicted molar refractivity (Wildman–Crippen MR) is 65.5 cm³/mol. The summed E-state index contributed by atoms with van der Waals surface area (Å²) in [5, 5.41) is 12.3. The Balaban J connectivity index is 2.52. The summed E-state index contributed by atoms with van der Waals surface area (Å²) in [7, 11) is 0. The van der Waals surface area contributed by atoms with Crippen LogP contribution < -0.4 is 10.1 Å². The fourth-order valence-electron chi connectivity index (χ4n) is 1.36. The predicted octanol–water partition coefficient (Wildman–Crippen LogP) is 1.72. The van der Waals surface area contributed by atoms with E-state index in [1.54, 1.807) is 13.0 Å². The highest BCUT2D eigenvalue weighted by Gasteiger charge is 2.02. The van der Waals surface area contributed by atoms with Gasteiger partial charge in [0.15, 0.2) is 0 Å². The van der Waals surface area contributed by atoms with Gasteiger partial charge in [-0.2, -0.15) is 0 Å². The molecule has 3 heteroatoms. The third kappa shape index (κ3) is 4.47. The number of benzene rings is 1. The van der Waals surface area contributed by atoms with Crippen LogP contribution in [0.2, 0.25) is 0 Å². The molecular weight excluding hydrogens is 202 g/mol. The smallest absolute Gasteiger partial charge is 0.124 e. The zero-order valence-corrected chi connectivity index (χ0v) is 9.65. The van der Waals surface area contributed by atoms with Gasteiger partial charge in [0.2, 0.25) is 0 Å². The zero-order chi connectivity index (χ0) is 11.8. The molecule has 0 aromatic heterocycles. The summed E-state index contributed by atoms with van der Waals surface area (Å²) in [6, 6.07) is 7.85. The fourth-order valence-corrected chi connectivity index (χ4v) is 1.36. The molecule has 0 fully saturated rings. The van der Waals surface area contributed by atoms with E-state index < -0.39 is 0 Å². The van der Waals surface area contributed by atoms with Crippen molar-refractivity contribution >= 4 is 0 Å². The lowest BCUT2D eigenvalue weighted by atomic mass is 10.2. The molecule has 3 nitrogen and oxygen atoms in total. The number of nitrogens with one attached hydrogen (secondary N) is 1. The van der Waals surface area contributed by atoms with Gasteiger partial charge in [0, 0.05) is 18.7 Å². The highest BCUT2D eigenvalue weighted by Crippen LogP contribution is 2.17. The Morgan fingerprint density at radius 3 is 2.94 bits per heavy atom. The minimum absolute atomic E-state index is 0.332. The van der Waals surface area contributed by atoms with Crippen molar-refractivity contribution < 1.29 is 9.84 Å². The average molecular weight is 221 g/mol. The third-order valence-corrected chi connectivity index (χ3v) is 2.08. The lowest BCUT2D eigenvalue weighted by Crippen LogP contribution is -2.24. The van der Waals surface area contributed by atoms with E-state index in [-0.39, 0.29) is 6.10 Å². The fraction of sp³-hybridized carbons (Fsp3) is 0.385. The Morgan fingerprint density at radius 2 is 2.25 bits per heavy atom. The SMILES string of the molecule is C=CCOc1ccccc1CNC[C@H](C)O. The molecule has 88 valence electrons. The van der Waals surface area contributed by atoms with Crippen molar-refractivity contribution in [2.45, 2.75) is 19.6 Å². The van der Waals surface area contributed by atoms with Crippen LogP contribution >= 0.6 is 0 Å². The van der Waals surface area contributed by atoms with Crippen LogP contribution in [0.1, 0.15) is 12.5 Å².